The van der Waals surface area contributed by atoms with Crippen molar-refractivity contribution in [3.8, 4) is 11.8 Å². The molecule has 0 aromatic carbocycles. The van der Waals surface area contributed by atoms with E-state index in [4.69, 9.17) is 0 Å². The molecule has 74 valence electrons. The Bertz CT molecular complexity index is 306. The molecule has 1 N–H and O–H groups in total. The average molecular weight is 201 g/mol. The second-order valence-electron chi connectivity index (χ2n) is 3.30. The lowest BCUT2D eigenvalue weighted by atomic mass is 10.4. The Kier molecular flexibility index (Phi) is 3.76. The summed E-state index contributed by atoms with van der Waals surface area (Å²) >= 11 is 0. The second-order valence-corrected chi connectivity index (χ2v) is 5.15. The second kappa shape index (κ2) is 4.64. The van der Waals surface area contributed by atoms with Crippen molar-refractivity contribution in [3.63, 3.8) is 0 Å². The molecule has 0 spiro atoms. The van der Waals surface area contributed by atoms with Crippen molar-refractivity contribution in [2.75, 3.05) is 12.3 Å². The first-order valence-corrected chi connectivity index (χ1v) is 6.16. The lowest BCUT2D eigenvalue weighted by Crippen LogP contribution is -2.27. The summed E-state index contributed by atoms with van der Waals surface area (Å²) < 4.78 is 25.1. The van der Waals surface area contributed by atoms with E-state index in [1.165, 1.54) is 0 Å². The minimum atomic E-state index is -3.02. The lowest BCUT2D eigenvalue weighted by Gasteiger charge is -2.02. The van der Waals surface area contributed by atoms with Gasteiger partial charge in [0.05, 0.1) is 5.75 Å². The number of hydrogen-bond donors (Lipinski definition) is 1. The molecule has 3 nitrogen and oxygen atoms in total. The maximum Gasteiger partial charge on any atom is 0.211 e. The highest BCUT2D eigenvalue weighted by Gasteiger charge is 2.27. The summed E-state index contributed by atoms with van der Waals surface area (Å²) in [5.41, 5.74) is 0. The monoisotopic (exact) mass is 201 g/mol. The van der Waals surface area contributed by atoms with Crippen molar-refractivity contribution in [1.29, 1.82) is 0 Å². The third-order valence-electron chi connectivity index (χ3n) is 1.90. The molecule has 1 aliphatic rings. The van der Waals surface area contributed by atoms with Gasteiger partial charge in [0.15, 0.2) is 0 Å². The number of rotatable bonds is 5. The van der Waals surface area contributed by atoms with E-state index in [1.807, 2.05) is 0 Å². The molecule has 0 heterocycles. The van der Waals surface area contributed by atoms with Gasteiger partial charge in [0.2, 0.25) is 10.0 Å². The van der Waals surface area contributed by atoms with Crippen molar-refractivity contribution in [2.24, 2.45) is 5.92 Å². The molecule has 4 heteroatoms. The predicted octanol–water partition coefficient (Wildman–Crippen LogP) is 0.729. The lowest BCUT2D eigenvalue weighted by molar-refractivity contribution is 0.578. The summed E-state index contributed by atoms with van der Waals surface area (Å²) in [5.74, 6) is 6.25. The molecule has 1 saturated carbocycles. The number of nitrogens with one attached hydrogen (secondary N) is 1. The largest absolute Gasteiger partial charge is 0.214 e. The summed E-state index contributed by atoms with van der Waals surface area (Å²) in [5, 5.41) is 0. The van der Waals surface area contributed by atoms with Crippen LogP contribution in [0.1, 0.15) is 26.2 Å². The van der Waals surface area contributed by atoms with E-state index in [0.29, 0.717) is 24.6 Å². The first-order chi connectivity index (χ1) is 6.14. The van der Waals surface area contributed by atoms with Crippen LogP contribution >= 0.6 is 0 Å². The minimum absolute atomic E-state index is 0.298. The Balaban J connectivity index is 2.19. The molecule has 13 heavy (non-hydrogen) atoms. The van der Waals surface area contributed by atoms with Gasteiger partial charge in [-0.15, -0.1) is 11.8 Å². The van der Waals surface area contributed by atoms with Gasteiger partial charge in [-0.3, -0.25) is 0 Å². The molecule has 0 bridgehead atoms. The summed E-state index contributed by atoms with van der Waals surface area (Å²) in [6, 6.07) is 0. The summed E-state index contributed by atoms with van der Waals surface area (Å²) in [7, 11) is -3.02. The van der Waals surface area contributed by atoms with Crippen molar-refractivity contribution in [3.05, 3.63) is 0 Å². The average Bonchev–Trinajstić information content (AvgIpc) is 2.81. The summed E-state index contributed by atoms with van der Waals surface area (Å²) in [4.78, 5) is 0. The van der Waals surface area contributed by atoms with E-state index in [9.17, 15) is 8.42 Å². The molecule has 1 fully saturated rings. The fraction of sp³-hybridized carbons (Fsp3) is 0.778. The zero-order chi connectivity index (χ0) is 9.73. The third kappa shape index (κ3) is 4.91. The van der Waals surface area contributed by atoms with Gasteiger partial charge in [-0.2, -0.15) is 0 Å². The van der Waals surface area contributed by atoms with Gasteiger partial charge >= 0.3 is 0 Å². The zero-order valence-electron chi connectivity index (χ0n) is 7.84. The van der Waals surface area contributed by atoms with Crippen LogP contribution in [0.3, 0.4) is 0 Å². The van der Waals surface area contributed by atoms with Crippen LogP contribution in [-0.2, 0) is 10.0 Å². The van der Waals surface area contributed by atoms with Crippen molar-refractivity contribution in [1.82, 2.24) is 4.72 Å². The number of sulfonamides is 1. The van der Waals surface area contributed by atoms with Crippen molar-refractivity contribution >= 4 is 10.0 Å². The molecule has 0 aliphatic heterocycles. The highest BCUT2D eigenvalue weighted by atomic mass is 32.2. The fourth-order valence-corrected chi connectivity index (χ4v) is 2.53. The Labute approximate surface area is 80.0 Å². The topological polar surface area (TPSA) is 46.2 Å². The normalized spacial score (nSPS) is 16.4. The maximum absolute atomic E-state index is 11.3. The van der Waals surface area contributed by atoms with Crippen LogP contribution < -0.4 is 4.72 Å². The van der Waals surface area contributed by atoms with E-state index >= 15 is 0 Å². The minimum Gasteiger partial charge on any atom is -0.214 e. The van der Waals surface area contributed by atoms with Gasteiger partial charge in [-0.1, -0.05) is 0 Å². The van der Waals surface area contributed by atoms with E-state index in [1.54, 1.807) is 6.92 Å². The highest BCUT2D eigenvalue weighted by Crippen LogP contribution is 2.29. The first-order valence-electron chi connectivity index (χ1n) is 4.51. The predicted molar refractivity (Wildman–Crippen MR) is 52.6 cm³/mol. The van der Waals surface area contributed by atoms with Crippen LogP contribution in [0.15, 0.2) is 0 Å². The van der Waals surface area contributed by atoms with Gasteiger partial charge in [-0.05, 0) is 25.7 Å². The molecule has 0 radical (unpaired) electrons. The van der Waals surface area contributed by atoms with Crippen LogP contribution in [0.4, 0.5) is 0 Å². The number of hydrogen-bond acceptors (Lipinski definition) is 2. The first kappa shape index (κ1) is 10.6. The molecular weight excluding hydrogens is 186 g/mol. The van der Waals surface area contributed by atoms with Crippen LogP contribution in [0.25, 0.3) is 0 Å². The highest BCUT2D eigenvalue weighted by molar-refractivity contribution is 7.89. The maximum atomic E-state index is 11.3. The molecule has 1 rings (SSSR count). The van der Waals surface area contributed by atoms with E-state index in [0.717, 1.165) is 12.8 Å². The van der Waals surface area contributed by atoms with E-state index < -0.39 is 10.0 Å². The van der Waals surface area contributed by atoms with E-state index in [-0.39, 0.29) is 0 Å². The smallest absolute Gasteiger partial charge is 0.211 e. The summed E-state index contributed by atoms with van der Waals surface area (Å²) in [6.45, 7) is 2.19. The molecule has 0 atom stereocenters. The van der Waals surface area contributed by atoms with Crippen LogP contribution in [0.5, 0.6) is 0 Å². The van der Waals surface area contributed by atoms with Crippen LogP contribution in [-0.4, -0.2) is 20.7 Å². The molecule has 0 unspecified atom stereocenters. The van der Waals surface area contributed by atoms with Crippen LogP contribution in [0, 0.1) is 17.8 Å². The fourth-order valence-electron chi connectivity index (χ4n) is 1.05. The standard InChI is InChI=1S/C9H15NO2S/c1-2-3-4-7-10-13(11,12)8-9-5-6-9/h9-10H,4-8H2,1H3. The molecule has 0 amide bonds. The zero-order valence-corrected chi connectivity index (χ0v) is 8.65. The van der Waals surface area contributed by atoms with Gasteiger partial charge in [-0.25, -0.2) is 13.1 Å². The molecular formula is C9H15NO2S. The van der Waals surface area contributed by atoms with E-state index in [2.05, 4.69) is 16.6 Å². The molecule has 0 aromatic heterocycles. The molecule has 1 aliphatic carbocycles. The quantitative estimate of drug-likeness (QED) is 0.526. The Morgan fingerprint density at radius 2 is 2.15 bits per heavy atom. The van der Waals surface area contributed by atoms with Gasteiger partial charge in [0.1, 0.15) is 0 Å². The SMILES string of the molecule is CC#CCCNS(=O)(=O)CC1CC1. The molecule has 0 aromatic rings. The Morgan fingerprint density at radius 1 is 1.46 bits per heavy atom. The Morgan fingerprint density at radius 3 is 2.69 bits per heavy atom. The van der Waals surface area contributed by atoms with Gasteiger partial charge in [0, 0.05) is 13.0 Å². The van der Waals surface area contributed by atoms with Crippen molar-refractivity contribution < 1.29 is 8.42 Å². The molecule has 0 saturated heterocycles. The van der Waals surface area contributed by atoms with Gasteiger partial charge < -0.3 is 0 Å². The Hall–Kier alpha value is -0.530. The van der Waals surface area contributed by atoms with Crippen molar-refractivity contribution in [2.45, 2.75) is 26.2 Å². The summed E-state index contributed by atoms with van der Waals surface area (Å²) in [6.07, 6.45) is 2.73. The van der Waals surface area contributed by atoms with Crippen LogP contribution in [0.2, 0.25) is 0 Å². The third-order valence-corrected chi connectivity index (χ3v) is 3.45. The van der Waals surface area contributed by atoms with Gasteiger partial charge in [0.25, 0.3) is 0 Å².